The fraction of sp³-hybridized carbons (Fsp3) is 0.0500. The lowest BCUT2D eigenvalue weighted by Crippen LogP contribution is -2.30. The van der Waals surface area contributed by atoms with Crippen molar-refractivity contribution < 1.29 is 14.4 Å². The number of amides is 3. The molecule has 0 aliphatic carbocycles. The maximum atomic E-state index is 13.9. The fourth-order valence-corrected chi connectivity index (χ4v) is 7.47. The SMILES string of the molecule is Cc1sc(NC(=O)C(Sc2cccc(NC(=O)/C(=C\c3ccc(Cl)cc3Cl)NC(=O)c3ccccc3)c2)c2ccccc2)nc1-c1ccccc1. The Hall–Kier alpha value is -5.19. The van der Waals surface area contributed by atoms with Gasteiger partial charge in [0.2, 0.25) is 5.91 Å². The number of thioether (sulfide) groups is 1. The topological polar surface area (TPSA) is 100 Å². The number of hydrogen-bond donors (Lipinski definition) is 3. The summed E-state index contributed by atoms with van der Waals surface area (Å²) in [6.45, 7) is 1.98. The van der Waals surface area contributed by atoms with Crippen molar-refractivity contribution in [2.24, 2.45) is 0 Å². The molecule has 254 valence electrons. The Morgan fingerprint density at radius 1 is 0.784 bits per heavy atom. The van der Waals surface area contributed by atoms with Crippen LogP contribution >= 0.6 is 46.3 Å². The minimum absolute atomic E-state index is 0.0266. The van der Waals surface area contributed by atoms with Crippen molar-refractivity contribution in [3.05, 3.63) is 171 Å². The highest BCUT2D eigenvalue weighted by atomic mass is 35.5. The zero-order valence-corrected chi connectivity index (χ0v) is 30.2. The van der Waals surface area contributed by atoms with Crippen LogP contribution in [-0.2, 0) is 9.59 Å². The molecule has 0 aliphatic rings. The van der Waals surface area contributed by atoms with Crippen molar-refractivity contribution in [1.82, 2.24) is 10.3 Å². The number of aryl methyl sites for hydroxylation is 1. The predicted molar refractivity (Wildman–Crippen MR) is 209 cm³/mol. The molecular weight excluding hydrogens is 720 g/mol. The predicted octanol–water partition coefficient (Wildman–Crippen LogP) is 10.3. The zero-order chi connectivity index (χ0) is 35.7. The third-order valence-corrected chi connectivity index (χ3v) is 10.2. The average molecular weight is 750 g/mol. The molecule has 0 saturated carbocycles. The standard InChI is InChI=1S/C40H30Cl2N4O3S2/c1-25-35(26-12-5-2-6-13-26)45-40(50-25)46-39(49)36(27-14-7-3-8-15-27)51-32-19-11-18-31(24-32)43-38(48)34(22-29-20-21-30(41)23-33(29)42)44-37(47)28-16-9-4-10-17-28/h2-24,36H,1H3,(H,43,48)(H,44,47)(H,45,46,49)/b34-22+. The number of carbonyl (C=O) groups is 3. The molecule has 6 aromatic rings. The molecule has 1 heterocycles. The molecular formula is C40H30Cl2N4O3S2. The molecule has 3 amide bonds. The Morgan fingerprint density at radius 3 is 2.18 bits per heavy atom. The number of nitrogens with one attached hydrogen (secondary N) is 3. The van der Waals surface area contributed by atoms with Crippen LogP contribution in [0.1, 0.15) is 31.6 Å². The van der Waals surface area contributed by atoms with E-state index in [9.17, 15) is 14.4 Å². The Morgan fingerprint density at radius 2 is 1.47 bits per heavy atom. The van der Waals surface area contributed by atoms with Gasteiger partial charge in [0.1, 0.15) is 10.9 Å². The van der Waals surface area contributed by atoms with Crippen LogP contribution in [0.4, 0.5) is 10.8 Å². The van der Waals surface area contributed by atoms with E-state index in [1.165, 1.54) is 29.2 Å². The summed E-state index contributed by atoms with van der Waals surface area (Å²) in [6.07, 6.45) is 1.49. The first-order valence-corrected chi connectivity index (χ1v) is 18.2. The lowest BCUT2D eigenvalue weighted by molar-refractivity contribution is -0.116. The van der Waals surface area contributed by atoms with Crippen LogP contribution in [0.5, 0.6) is 0 Å². The van der Waals surface area contributed by atoms with Crippen molar-refractivity contribution in [2.75, 3.05) is 10.6 Å². The van der Waals surface area contributed by atoms with E-state index < -0.39 is 17.1 Å². The summed E-state index contributed by atoms with van der Waals surface area (Å²) in [5.41, 5.74) is 3.92. The molecule has 1 atom stereocenters. The van der Waals surface area contributed by atoms with Gasteiger partial charge in [0.05, 0.1) is 5.69 Å². The number of rotatable bonds is 11. The van der Waals surface area contributed by atoms with Gasteiger partial charge in [-0.3, -0.25) is 14.4 Å². The van der Waals surface area contributed by atoms with Gasteiger partial charge in [-0.25, -0.2) is 4.98 Å². The molecule has 0 radical (unpaired) electrons. The molecule has 6 rings (SSSR count). The van der Waals surface area contributed by atoms with Crippen LogP contribution < -0.4 is 16.0 Å². The molecule has 0 aliphatic heterocycles. The second kappa shape index (κ2) is 16.7. The molecule has 1 unspecified atom stereocenters. The highest BCUT2D eigenvalue weighted by molar-refractivity contribution is 8.00. The van der Waals surface area contributed by atoms with Gasteiger partial charge >= 0.3 is 0 Å². The molecule has 0 spiro atoms. The summed E-state index contributed by atoms with van der Waals surface area (Å²) in [6, 6.07) is 39.9. The van der Waals surface area contributed by atoms with Crippen LogP contribution in [0.3, 0.4) is 0 Å². The molecule has 7 nitrogen and oxygen atoms in total. The minimum Gasteiger partial charge on any atom is -0.321 e. The van der Waals surface area contributed by atoms with Gasteiger partial charge in [0.25, 0.3) is 11.8 Å². The number of nitrogens with zero attached hydrogens (tertiary/aromatic N) is 1. The number of aromatic nitrogens is 1. The number of benzene rings is 5. The molecule has 11 heteroatoms. The summed E-state index contributed by atoms with van der Waals surface area (Å²) in [5.74, 6) is -1.27. The number of halogens is 2. The fourth-order valence-electron chi connectivity index (χ4n) is 5.08. The first-order valence-electron chi connectivity index (χ1n) is 15.7. The summed E-state index contributed by atoms with van der Waals surface area (Å²) in [7, 11) is 0. The lowest BCUT2D eigenvalue weighted by atomic mass is 10.1. The van der Waals surface area contributed by atoms with Crippen LogP contribution in [-0.4, -0.2) is 22.7 Å². The normalized spacial score (nSPS) is 11.8. The molecule has 1 aromatic heterocycles. The monoisotopic (exact) mass is 748 g/mol. The van der Waals surface area contributed by atoms with E-state index in [0.717, 1.165) is 26.6 Å². The molecule has 0 bridgehead atoms. The van der Waals surface area contributed by atoms with Crippen molar-refractivity contribution in [2.45, 2.75) is 17.1 Å². The zero-order valence-electron chi connectivity index (χ0n) is 27.1. The van der Waals surface area contributed by atoms with Crippen molar-refractivity contribution in [3.8, 4) is 11.3 Å². The van der Waals surface area contributed by atoms with Crippen LogP contribution in [0.15, 0.2) is 144 Å². The minimum atomic E-state index is -0.630. The molecule has 5 aromatic carbocycles. The maximum absolute atomic E-state index is 13.9. The van der Waals surface area contributed by atoms with Crippen molar-refractivity contribution >= 4 is 80.9 Å². The first-order chi connectivity index (χ1) is 24.7. The maximum Gasteiger partial charge on any atom is 0.272 e. The lowest BCUT2D eigenvalue weighted by Gasteiger charge is -2.17. The van der Waals surface area contributed by atoms with E-state index in [4.69, 9.17) is 28.2 Å². The second-order valence-corrected chi connectivity index (χ2v) is 14.4. The van der Waals surface area contributed by atoms with Gasteiger partial charge in [0.15, 0.2) is 5.13 Å². The van der Waals surface area contributed by atoms with E-state index in [2.05, 4.69) is 16.0 Å². The third kappa shape index (κ3) is 9.33. The summed E-state index contributed by atoms with van der Waals surface area (Å²) >= 11 is 15.3. The average Bonchev–Trinajstić information content (AvgIpc) is 3.51. The van der Waals surface area contributed by atoms with Gasteiger partial charge in [-0.15, -0.1) is 23.1 Å². The van der Waals surface area contributed by atoms with Gasteiger partial charge < -0.3 is 16.0 Å². The van der Waals surface area contributed by atoms with E-state index in [1.807, 2.05) is 73.7 Å². The van der Waals surface area contributed by atoms with E-state index in [0.29, 0.717) is 32.0 Å². The summed E-state index contributed by atoms with van der Waals surface area (Å²) in [4.78, 5) is 47.1. The highest BCUT2D eigenvalue weighted by Gasteiger charge is 2.24. The summed E-state index contributed by atoms with van der Waals surface area (Å²) in [5, 5.41) is 9.26. The van der Waals surface area contributed by atoms with Gasteiger partial charge in [0, 0.05) is 36.6 Å². The third-order valence-electron chi connectivity index (χ3n) is 7.55. The van der Waals surface area contributed by atoms with Crippen LogP contribution in [0, 0.1) is 6.92 Å². The second-order valence-electron chi connectivity index (χ2n) is 11.2. The Balaban J connectivity index is 1.23. The molecule has 51 heavy (non-hydrogen) atoms. The quantitative estimate of drug-likeness (QED) is 0.0905. The van der Waals surface area contributed by atoms with E-state index in [-0.39, 0.29) is 11.6 Å². The molecule has 3 N–H and O–H groups in total. The van der Waals surface area contributed by atoms with E-state index >= 15 is 0 Å². The van der Waals surface area contributed by atoms with Crippen LogP contribution in [0.2, 0.25) is 10.0 Å². The van der Waals surface area contributed by atoms with Gasteiger partial charge in [-0.2, -0.15) is 0 Å². The largest absolute Gasteiger partial charge is 0.321 e. The Bertz CT molecular complexity index is 2210. The molecule has 0 saturated heterocycles. The Kier molecular flexibility index (Phi) is 11.7. The number of hydrogen-bond acceptors (Lipinski definition) is 6. The van der Waals surface area contributed by atoms with Gasteiger partial charge in [-0.05, 0) is 66.6 Å². The van der Waals surface area contributed by atoms with E-state index in [1.54, 1.807) is 66.7 Å². The Labute approximate surface area is 313 Å². The van der Waals surface area contributed by atoms with Crippen molar-refractivity contribution in [3.63, 3.8) is 0 Å². The smallest absolute Gasteiger partial charge is 0.272 e. The first kappa shape index (κ1) is 35.6. The van der Waals surface area contributed by atoms with Crippen molar-refractivity contribution in [1.29, 1.82) is 0 Å². The molecule has 0 fully saturated rings. The number of anilines is 2. The van der Waals surface area contributed by atoms with Crippen LogP contribution in [0.25, 0.3) is 17.3 Å². The summed E-state index contributed by atoms with van der Waals surface area (Å²) < 4.78 is 0. The highest BCUT2D eigenvalue weighted by Crippen LogP contribution is 2.38. The number of thiazole rings is 1. The number of carbonyl (C=O) groups excluding carboxylic acids is 3. The van der Waals surface area contributed by atoms with Gasteiger partial charge in [-0.1, -0.05) is 114 Å².